The molecule has 0 aromatic carbocycles. The van der Waals surface area contributed by atoms with Crippen LogP contribution >= 0.6 is 0 Å². The molecule has 0 saturated carbocycles. The highest BCUT2D eigenvalue weighted by atomic mass is 28.4. The molecule has 0 aromatic rings. The zero-order valence-electron chi connectivity index (χ0n) is 20.4. The first-order valence-electron chi connectivity index (χ1n) is 10.2. The Kier molecular flexibility index (Phi) is 14.2. The summed E-state index contributed by atoms with van der Waals surface area (Å²) in [5.41, 5.74) is -0.441. The van der Waals surface area contributed by atoms with Gasteiger partial charge in [0.15, 0.2) is 0 Å². The number of rotatable bonds is 17. The molecule has 3 atom stereocenters. The van der Waals surface area contributed by atoms with Gasteiger partial charge >= 0.3 is 23.6 Å². The zero-order chi connectivity index (χ0) is 24.2. The molecule has 12 heteroatoms. The average molecular weight is 484 g/mol. The van der Waals surface area contributed by atoms with Gasteiger partial charge in [0, 0.05) is 54.8 Å². The third kappa shape index (κ3) is 7.42. The second-order valence-corrected chi connectivity index (χ2v) is 13.2. The fourth-order valence-electron chi connectivity index (χ4n) is 3.75. The van der Waals surface area contributed by atoms with Crippen molar-refractivity contribution in [2.75, 3.05) is 55.8 Å². The van der Waals surface area contributed by atoms with Crippen LogP contribution < -0.4 is 0 Å². The van der Waals surface area contributed by atoms with Gasteiger partial charge in [-0.2, -0.15) is 0 Å². The molecule has 31 heavy (non-hydrogen) atoms. The van der Waals surface area contributed by atoms with Crippen LogP contribution in [-0.2, 0) is 36.1 Å². The van der Waals surface area contributed by atoms with Crippen LogP contribution in [0.5, 0.6) is 0 Å². The largest absolute Gasteiger partial charge is 0.518 e. The Morgan fingerprint density at radius 1 is 0.871 bits per heavy atom. The Morgan fingerprint density at radius 2 is 1.23 bits per heavy atom. The van der Waals surface area contributed by atoms with E-state index in [1.54, 1.807) is 49.6 Å². The number of aliphatic hydroxyl groups is 1. The number of ether oxygens (including phenoxy) is 1. The normalized spacial score (nSPS) is 15.6. The number of hydrogen-bond acceptors (Lipinski definition) is 10. The third-order valence-corrected chi connectivity index (χ3v) is 11.8. The minimum Gasteiger partial charge on any atom is -0.460 e. The first-order valence-corrected chi connectivity index (χ1v) is 13.8. The lowest BCUT2D eigenvalue weighted by Crippen LogP contribution is -2.70. The molecule has 3 unspecified atom stereocenters. The van der Waals surface area contributed by atoms with Crippen molar-refractivity contribution in [2.45, 2.75) is 51.0 Å². The van der Waals surface area contributed by atoms with Crippen molar-refractivity contribution in [3.63, 3.8) is 0 Å². The molecule has 0 fully saturated rings. The van der Waals surface area contributed by atoms with Gasteiger partial charge in [-0.3, -0.25) is 4.90 Å². The molecule has 0 aliphatic carbocycles. The molecule has 0 heterocycles. The van der Waals surface area contributed by atoms with Gasteiger partial charge in [0.1, 0.15) is 12.7 Å². The van der Waals surface area contributed by atoms with Crippen molar-refractivity contribution in [3.05, 3.63) is 12.2 Å². The van der Waals surface area contributed by atoms with E-state index in [4.69, 9.17) is 31.3 Å². The van der Waals surface area contributed by atoms with E-state index in [-0.39, 0.29) is 30.1 Å². The maximum Gasteiger partial charge on any atom is 0.518 e. The topological polar surface area (TPSA) is 105 Å². The summed E-state index contributed by atoms with van der Waals surface area (Å²) < 4.78 is 39.7. The van der Waals surface area contributed by atoms with Crippen molar-refractivity contribution in [3.8, 4) is 0 Å². The number of esters is 1. The van der Waals surface area contributed by atoms with Gasteiger partial charge in [0.2, 0.25) is 0 Å². The van der Waals surface area contributed by atoms with Gasteiger partial charge in [-0.05, 0) is 19.8 Å². The highest BCUT2D eigenvalue weighted by Gasteiger charge is 2.57. The molecule has 10 nitrogen and oxygen atoms in total. The molecule has 0 aliphatic heterocycles. The first-order chi connectivity index (χ1) is 14.6. The van der Waals surface area contributed by atoms with E-state index in [2.05, 4.69) is 6.58 Å². The van der Waals surface area contributed by atoms with E-state index in [9.17, 15) is 9.90 Å². The molecule has 0 spiro atoms. The van der Waals surface area contributed by atoms with Crippen molar-refractivity contribution < 1.29 is 41.2 Å². The van der Waals surface area contributed by atoms with E-state index >= 15 is 0 Å². The van der Waals surface area contributed by atoms with Gasteiger partial charge in [-0.25, -0.2) is 4.79 Å². The summed E-state index contributed by atoms with van der Waals surface area (Å²) in [5.74, 6) is -0.562. The number of carbonyl (C=O) groups excluding carboxylic acids is 1. The molecule has 0 aromatic heterocycles. The van der Waals surface area contributed by atoms with Gasteiger partial charge in [-0.1, -0.05) is 20.4 Å². The summed E-state index contributed by atoms with van der Waals surface area (Å²) >= 11 is 0. The molecule has 184 valence electrons. The Bertz CT molecular complexity index is 500. The lowest BCUT2D eigenvalue weighted by Gasteiger charge is -2.46. The van der Waals surface area contributed by atoms with E-state index < -0.39 is 29.7 Å². The van der Waals surface area contributed by atoms with Crippen molar-refractivity contribution in [1.29, 1.82) is 0 Å². The molecule has 0 amide bonds. The number of aliphatic hydroxyl groups excluding tert-OH is 1. The number of hydrogen-bond donors (Lipinski definition) is 1. The van der Waals surface area contributed by atoms with E-state index in [0.717, 1.165) is 0 Å². The SMILES string of the molecule is C=C(C)C(=O)OCC(O)CN(C(CC)[Si](OC)(OC)OC)C(CC)[Si](OC)(OC)OC. The average Bonchev–Trinajstić information content (AvgIpc) is 2.78. The van der Waals surface area contributed by atoms with Crippen LogP contribution in [-0.4, -0.2) is 107 Å². The summed E-state index contributed by atoms with van der Waals surface area (Å²) in [6, 6.07) is 0. The molecular formula is C19H41NO9Si2. The van der Waals surface area contributed by atoms with E-state index in [1.165, 1.54) is 0 Å². The van der Waals surface area contributed by atoms with Crippen LogP contribution in [0.1, 0.15) is 33.6 Å². The Labute approximate surface area is 189 Å². The smallest absolute Gasteiger partial charge is 0.460 e. The van der Waals surface area contributed by atoms with Crippen LogP contribution in [0.25, 0.3) is 0 Å². The van der Waals surface area contributed by atoms with Crippen molar-refractivity contribution in [1.82, 2.24) is 4.90 Å². The molecule has 1 N–H and O–H groups in total. The third-order valence-electron chi connectivity index (χ3n) is 5.27. The molecule has 0 radical (unpaired) electrons. The molecular weight excluding hydrogens is 442 g/mol. The van der Waals surface area contributed by atoms with Crippen molar-refractivity contribution >= 4 is 23.6 Å². The maximum atomic E-state index is 11.8. The van der Waals surface area contributed by atoms with Crippen LogP contribution in [0, 0.1) is 0 Å². The highest BCUT2D eigenvalue weighted by molar-refractivity contribution is 6.64. The highest BCUT2D eigenvalue weighted by Crippen LogP contribution is 2.29. The molecule has 0 bridgehead atoms. The van der Waals surface area contributed by atoms with Crippen LogP contribution in [0.15, 0.2) is 12.2 Å². The predicted octanol–water partition coefficient (Wildman–Crippen LogP) is 1.16. The Morgan fingerprint density at radius 3 is 1.48 bits per heavy atom. The summed E-state index contributed by atoms with van der Waals surface area (Å²) in [7, 11) is 2.87. The molecule has 0 rings (SSSR count). The van der Waals surface area contributed by atoms with Crippen LogP contribution in [0.4, 0.5) is 0 Å². The fraction of sp³-hybridized carbons (Fsp3) is 0.842. The summed E-state index contributed by atoms with van der Waals surface area (Å²) in [6.45, 7) is 8.98. The van der Waals surface area contributed by atoms with Crippen LogP contribution in [0.3, 0.4) is 0 Å². The Balaban J connectivity index is 6.20. The minimum atomic E-state index is -3.19. The quantitative estimate of drug-likeness (QED) is 0.184. The van der Waals surface area contributed by atoms with Gasteiger partial charge in [0.25, 0.3) is 0 Å². The monoisotopic (exact) mass is 483 g/mol. The maximum absolute atomic E-state index is 11.8. The van der Waals surface area contributed by atoms with Gasteiger partial charge in [-0.15, -0.1) is 0 Å². The molecule has 0 saturated heterocycles. The summed E-state index contributed by atoms with van der Waals surface area (Å²) in [5, 5.41) is 10.7. The number of nitrogens with zero attached hydrogens (tertiary/aromatic N) is 1. The predicted molar refractivity (Wildman–Crippen MR) is 120 cm³/mol. The summed E-state index contributed by atoms with van der Waals surface area (Å²) in [4.78, 5) is 13.7. The van der Waals surface area contributed by atoms with E-state index in [0.29, 0.717) is 12.8 Å². The number of carbonyl (C=O) groups is 1. The second kappa shape index (κ2) is 14.5. The van der Waals surface area contributed by atoms with Crippen LogP contribution in [0.2, 0.25) is 0 Å². The Hall–Kier alpha value is -0.676. The lowest BCUT2D eigenvalue weighted by atomic mass is 10.2. The fourth-order valence-corrected chi connectivity index (χ4v) is 8.92. The van der Waals surface area contributed by atoms with Gasteiger partial charge in [0.05, 0.1) is 11.3 Å². The minimum absolute atomic E-state index is 0.121. The molecule has 0 aliphatic rings. The first kappa shape index (κ1) is 30.3. The van der Waals surface area contributed by atoms with Crippen molar-refractivity contribution in [2.24, 2.45) is 0 Å². The van der Waals surface area contributed by atoms with Gasteiger partial charge < -0.3 is 36.4 Å². The lowest BCUT2D eigenvalue weighted by molar-refractivity contribution is -0.142. The van der Waals surface area contributed by atoms with E-state index in [1.807, 2.05) is 18.7 Å². The summed E-state index contributed by atoms with van der Waals surface area (Å²) in [6.07, 6.45) is 0.192. The standard InChI is InChI=1S/C19H41NO9Si2/c1-11-17(30(23-5,24-6)25-7)20(13-16(21)14-29-19(22)15(3)4)18(12-2)31(26-8,27-9)28-10/h16-18,21H,3,11-14H2,1-2,4-10H3. The second-order valence-electron chi connectivity index (χ2n) is 7.01. The zero-order valence-corrected chi connectivity index (χ0v) is 22.4.